The van der Waals surface area contributed by atoms with Crippen LogP contribution in [0.3, 0.4) is 0 Å². The maximum Gasteiger partial charge on any atom is 0.0507 e. The average Bonchev–Trinajstić information content (AvgIpc) is 2.28. The van der Waals surface area contributed by atoms with Gasteiger partial charge in [0.1, 0.15) is 0 Å². The fourth-order valence-electron chi connectivity index (χ4n) is 2.95. The molecule has 0 spiro atoms. The van der Waals surface area contributed by atoms with Crippen LogP contribution in [0.25, 0.3) is 0 Å². The Morgan fingerprint density at radius 3 is 2.61 bits per heavy atom. The molecule has 1 atom stereocenters. The van der Waals surface area contributed by atoms with Crippen LogP contribution in [0, 0.1) is 5.92 Å². The number of hydrogen-bond donors (Lipinski definition) is 0. The van der Waals surface area contributed by atoms with E-state index in [1.165, 1.54) is 11.1 Å². The van der Waals surface area contributed by atoms with Crippen molar-refractivity contribution in [2.24, 2.45) is 5.92 Å². The summed E-state index contributed by atoms with van der Waals surface area (Å²) >= 11 is 0. The molecule has 2 rings (SSSR count). The van der Waals surface area contributed by atoms with Gasteiger partial charge in [-0.2, -0.15) is 0 Å². The molecule has 1 aromatic heterocycles. The van der Waals surface area contributed by atoms with Crippen molar-refractivity contribution in [1.82, 2.24) is 4.98 Å². The van der Waals surface area contributed by atoms with Crippen molar-refractivity contribution in [3.05, 3.63) is 29.1 Å². The summed E-state index contributed by atoms with van der Waals surface area (Å²) in [4.78, 5) is 4.43. The monoisotopic (exact) mass is 247 g/mol. The Hall–Kier alpha value is -0.890. The molecule has 1 aliphatic rings. The zero-order chi connectivity index (χ0) is 13.1. The third kappa shape index (κ3) is 2.74. The number of pyridine rings is 1. The van der Waals surface area contributed by atoms with E-state index in [2.05, 4.69) is 38.9 Å². The van der Waals surface area contributed by atoms with Gasteiger partial charge in [-0.3, -0.25) is 4.98 Å². The molecule has 0 bridgehead atoms. The molecule has 0 saturated carbocycles. The molecule has 2 heterocycles. The van der Waals surface area contributed by atoms with E-state index in [0.29, 0.717) is 17.8 Å². The van der Waals surface area contributed by atoms with Gasteiger partial charge in [-0.15, -0.1) is 0 Å². The van der Waals surface area contributed by atoms with Crippen molar-refractivity contribution in [3.63, 3.8) is 0 Å². The number of hydrogen-bond acceptors (Lipinski definition) is 2. The number of ether oxygens (including phenoxy) is 1. The zero-order valence-electron chi connectivity index (χ0n) is 12.1. The molecule has 0 radical (unpaired) electrons. The van der Waals surface area contributed by atoms with E-state index in [1.807, 2.05) is 6.20 Å². The highest BCUT2D eigenvalue weighted by atomic mass is 16.5. The third-order valence-electron chi connectivity index (χ3n) is 3.99. The van der Waals surface area contributed by atoms with Crippen LogP contribution in [0.2, 0.25) is 0 Å². The minimum absolute atomic E-state index is 0.550. The summed E-state index contributed by atoms with van der Waals surface area (Å²) in [5, 5.41) is 0. The molecule has 18 heavy (non-hydrogen) atoms. The molecule has 0 fully saturated rings. The predicted octanol–water partition coefficient (Wildman–Crippen LogP) is 3.91. The molecule has 0 N–H and O–H groups in total. The maximum absolute atomic E-state index is 5.68. The van der Waals surface area contributed by atoms with Gasteiger partial charge in [0, 0.05) is 19.0 Å². The van der Waals surface area contributed by atoms with Crippen LogP contribution in [0.1, 0.15) is 62.6 Å². The summed E-state index contributed by atoms with van der Waals surface area (Å²) in [5.74, 6) is 1.82. The molecular formula is C16H25NO. The molecule has 0 aliphatic carbocycles. The van der Waals surface area contributed by atoms with Gasteiger partial charge in [0.05, 0.1) is 6.61 Å². The Labute approximate surface area is 111 Å². The molecule has 1 unspecified atom stereocenters. The molecule has 0 amide bonds. The first kappa shape index (κ1) is 13.5. The Morgan fingerprint density at radius 2 is 1.94 bits per heavy atom. The van der Waals surface area contributed by atoms with Crippen molar-refractivity contribution < 1.29 is 4.74 Å². The van der Waals surface area contributed by atoms with Gasteiger partial charge in [-0.05, 0) is 47.3 Å². The van der Waals surface area contributed by atoms with E-state index in [4.69, 9.17) is 4.74 Å². The van der Waals surface area contributed by atoms with Gasteiger partial charge in [-0.1, -0.05) is 27.7 Å². The highest BCUT2D eigenvalue weighted by molar-refractivity contribution is 5.38. The van der Waals surface area contributed by atoms with Gasteiger partial charge in [0.15, 0.2) is 0 Å². The summed E-state index contributed by atoms with van der Waals surface area (Å²) in [7, 11) is 0. The Bertz CT molecular complexity index is 398. The van der Waals surface area contributed by atoms with Gasteiger partial charge in [0.25, 0.3) is 0 Å². The third-order valence-corrected chi connectivity index (χ3v) is 3.99. The van der Waals surface area contributed by atoms with Crippen LogP contribution in [0.4, 0.5) is 0 Å². The van der Waals surface area contributed by atoms with Crippen LogP contribution in [-0.2, 0) is 11.2 Å². The van der Waals surface area contributed by atoms with Gasteiger partial charge < -0.3 is 4.74 Å². The summed E-state index contributed by atoms with van der Waals surface area (Å²) in [6.45, 7) is 10.9. The van der Waals surface area contributed by atoms with Crippen LogP contribution in [0.5, 0.6) is 0 Å². The molecular weight excluding hydrogens is 222 g/mol. The van der Waals surface area contributed by atoms with E-state index in [1.54, 1.807) is 5.56 Å². The second-order valence-corrected chi connectivity index (χ2v) is 5.96. The highest BCUT2D eigenvalue weighted by Gasteiger charge is 2.24. The number of aromatic nitrogens is 1. The van der Waals surface area contributed by atoms with Crippen molar-refractivity contribution >= 4 is 0 Å². The predicted molar refractivity (Wildman–Crippen MR) is 75.0 cm³/mol. The normalized spacial score (nSPS) is 20.7. The van der Waals surface area contributed by atoms with E-state index < -0.39 is 0 Å². The number of nitrogens with zero attached hydrogens (tertiary/aromatic N) is 1. The molecule has 1 aromatic rings. The quantitative estimate of drug-likeness (QED) is 0.790. The lowest BCUT2D eigenvalue weighted by Gasteiger charge is -2.29. The first-order chi connectivity index (χ1) is 8.61. The van der Waals surface area contributed by atoms with E-state index in [9.17, 15) is 0 Å². The largest absolute Gasteiger partial charge is 0.381 e. The SMILES string of the molecule is CC(C)c1cncc2c1C(C(C)C)CCOCC2. The lowest BCUT2D eigenvalue weighted by molar-refractivity contribution is 0.120. The lowest BCUT2D eigenvalue weighted by atomic mass is 9.78. The van der Waals surface area contributed by atoms with E-state index in [-0.39, 0.29) is 0 Å². The minimum Gasteiger partial charge on any atom is -0.381 e. The Kier molecular flexibility index (Phi) is 4.39. The van der Waals surface area contributed by atoms with E-state index in [0.717, 1.165) is 26.1 Å². The minimum atomic E-state index is 0.550. The number of fused-ring (bicyclic) bond motifs is 1. The lowest BCUT2D eigenvalue weighted by Crippen LogP contribution is -2.19. The van der Waals surface area contributed by atoms with Crippen LogP contribution in [-0.4, -0.2) is 18.2 Å². The van der Waals surface area contributed by atoms with Crippen LogP contribution in [0.15, 0.2) is 12.4 Å². The van der Waals surface area contributed by atoms with Crippen molar-refractivity contribution in [2.75, 3.05) is 13.2 Å². The fourth-order valence-corrected chi connectivity index (χ4v) is 2.95. The summed E-state index contributed by atoms with van der Waals surface area (Å²) < 4.78 is 5.68. The van der Waals surface area contributed by atoms with Gasteiger partial charge in [-0.25, -0.2) is 0 Å². The van der Waals surface area contributed by atoms with E-state index >= 15 is 0 Å². The molecule has 1 aliphatic heterocycles. The molecule has 2 nitrogen and oxygen atoms in total. The summed E-state index contributed by atoms with van der Waals surface area (Å²) in [5.41, 5.74) is 4.41. The standard InChI is InChI=1S/C16H25NO/c1-11(2)14-6-8-18-7-5-13-9-17-10-15(12(3)4)16(13)14/h9-12,14H,5-8H2,1-4H3. The topological polar surface area (TPSA) is 22.1 Å². The van der Waals surface area contributed by atoms with Crippen molar-refractivity contribution in [2.45, 2.75) is 52.4 Å². The number of rotatable bonds is 2. The molecule has 0 saturated heterocycles. The van der Waals surface area contributed by atoms with Crippen LogP contribution < -0.4 is 0 Å². The summed E-state index contributed by atoms with van der Waals surface area (Å²) in [6, 6.07) is 0. The van der Waals surface area contributed by atoms with Crippen LogP contribution >= 0.6 is 0 Å². The molecule has 2 heteroatoms. The first-order valence-electron chi connectivity index (χ1n) is 7.15. The summed E-state index contributed by atoms with van der Waals surface area (Å²) in [6.07, 6.45) is 6.26. The van der Waals surface area contributed by atoms with Gasteiger partial charge in [0.2, 0.25) is 0 Å². The Balaban J connectivity index is 2.51. The second-order valence-electron chi connectivity index (χ2n) is 5.96. The molecule has 100 valence electrons. The maximum atomic E-state index is 5.68. The fraction of sp³-hybridized carbons (Fsp3) is 0.688. The first-order valence-corrected chi connectivity index (χ1v) is 7.15. The second kappa shape index (κ2) is 5.83. The zero-order valence-corrected chi connectivity index (χ0v) is 12.1. The Morgan fingerprint density at radius 1 is 1.17 bits per heavy atom. The van der Waals surface area contributed by atoms with Crippen molar-refractivity contribution in [1.29, 1.82) is 0 Å². The highest BCUT2D eigenvalue weighted by Crippen LogP contribution is 2.36. The van der Waals surface area contributed by atoms with Crippen molar-refractivity contribution in [3.8, 4) is 0 Å². The average molecular weight is 247 g/mol. The molecule has 0 aromatic carbocycles. The van der Waals surface area contributed by atoms with Gasteiger partial charge >= 0.3 is 0 Å². The smallest absolute Gasteiger partial charge is 0.0507 e.